The summed E-state index contributed by atoms with van der Waals surface area (Å²) in [4.78, 5) is 2.43. The summed E-state index contributed by atoms with van der Waals surface area (Å²) in [5.41, 5.74) is 6.22. The fourth-order valence-corrected chi connectivity index (χ4v) is 2.55. The lowest BCUT2D eigenvalue weighted by atomic mass is 9.77. The van der Waals surface area contributed by atoms with E-state index >= 15 is 0 Å². The molecule has 2 N–H and O–H groups in total. The molecule has 1 aliphatic rings. The van der Waals surface area contributed by atoms with E-state index in [1.54, 1.807) is 0 Å². The second-order valence-corrected chi connectivity index (χ2v) is 5.54. The second kappa shape index (κ2) is 5.86. The number of hydrogen-bond donors (Lipinski definition) is 1. The zero-order chi connectivity index (χ0) is 11.4. The Bertz CT molecular complexity index is 179. The second-order valence-electron chi connectivity index (χ2n) is 5.54. The van der Waals surface area contributed by atoms with Crippen LogP contribution in [0.25, 0.3) is 0 Å². The van der Waals surface area contributed by atoms with Crippen LogP contribution in [0.5, 0.6) is 0 Å². The molecule has 0 aromatic carbocycles. The number of nitrogens with zero attached hydrogens (tertiary/aromatic N) is 1. The molecule has 2 nitrogen and oxygen atoms in total. The van der Waals surface area contributed by atoms with Gasteiger partial charge in [0.15, 0.2) is 0 Å². The first-order valence-electron chi connectivity index (χ1n) is 6.50. The van der Waals surface area contributed by atoms with Gasteiger partial charge in [0.25, 0.3) is 0 Å². The maximum absolute atomic E-state index is 6.22. The van der Waals surface area contributed by atoms with Crippen molar-refractivity contribution < 1.29 is 0 Å². The zero-order valence-electron chi connectivity index (χ0n) is 10.9. The molecule has 0 radical (unpaired) electrons. The van der Waals surface area contributed by atoms with Gasteiger partial charge in [-0.05, 0) is 52.0 Å². The summed E-state index contributed by atoms with van der Waals surface area (Å²) in [6, 6.07) is 1.08. The summed E-state index contributed by atoms with van der Waals surface area (Å²) in [6.45, 7) is 8.00. The molecular formula is C13H28N2. The Kier molecular flexibility index (Phi) is 5.07. The van der Waals surface area contributed by atoms with Gasteiger partial charge in [0.2, 0.25) is 0 Å². The van der Waals surface area contributed by atoms with E-state index in [0.29, 0.717) is 12.1 Å². The molecule has 3 unspecified atom stereocenters. The van der Waals surface area contributed by atoms with Crippen LogP contribution in [0.15, 0.2) is 0 Å². The van der Waals surface area contributed by atoms with Crippen LogP contribution in [0.4, 0.5) is 0 Å². The molecule has 15 heavy (non-hydrogen) atoms. The lowest BCUT2D eigenvalue weighted by Crippen LogP contribution is -2.43. The zero-order valence-corrected chi connectivity index (χ0v) is 10.9. The van der Waals surface area contributed by atoms with E-state index in [4.69, 9.17) is 5.73 Å². The Balaban J connectivity index is 2.44. The minimum Gasteiger partial charge on any atom is -0.327 e. The van der Waals surface area contributed by atoms with Crippen molar-refractivity contribution in [2.24, 2.45) is 17.6 Å². The molecule has 0 aromatic heterocycles. The van der Waals surface area contributed by atoms with Crippen LogP contribution < -0.4 is 5.73 Å². The van der Waals surface area contributed by atoms with E-state index in [0.717, 1.165) is 11.8 Å². The molecule has 1 rings (SSSR count). The Hall–Kier alpha value is -0.0800. The molecule has 1 saturated carbocycles. The lowest BCUT2D eigenvalue weighted by molar-refractivity contribution is 0.153. The van der Waals surface area contributed by atoms with Gasteiger partial charge in [-0.2, -0.15) is 0 Å². The van der Waals surface area contributed by atoms with E-state index < -0.39 is 0 Å². The third-order valence-electron chi connectivity index (χ3n) is 4.13. The van der Waals surface area contributed by atoms with Crippen molar-refractivity contribution in [3.05, 3.63) is 0 Å². The third-order valence-corrected chi connectivity index (χ3v) is 4.13. The van der Waals surface area contributed by atoms with Crippen molar-refractivity contribution in [1.82, 2.24) is 4.90 Å². The highest BCUT2D eigenvalue weighted by Gasteiger charge is 2.28. The Morgan fingerprint density at radius 3 is 2.53 bits per heavy atom. The van der Waals surface area contributed by atoms with Crippen LogP contribution in [0.1, 0.15) is 46.5 Å². The van der Waals surface area contributed by atoms with Crippen LogP contribution >= 0.6 is 0 Å². The van der Waals surface area contributed by atoms with Crippen molar-refractivity contribution in [3.8, 4) is 0 Å². The van der Waals surface area contributed by atoms with Crippen molar-refractivity contribution in [2.75, 3.05) is 13.6 Å². The van der Waals surface area contributed by atoms with E-state index in [1.807, 2.05) is 0 Å². The van der Waals surface area contributed by atoms with Crippen LogP contribution in [0.3, 0.4) is 0 Å². The molecule has 0 aliphatic heterocycles. The lowest BCUT2D eigenvalue weighted by Gasteiger charge is -2.37. The molecule has 0 heterocycles. The number of hydrogen-bond acceptors (Lipinski definition) is 2. The summed E-state index contributed by atoms with van der Waals surface area (Å²) in [7, 11) is 2.22. The normalized spacial score (nSPS) is 32.6. The standard InChI is InChI=1S/C13H28N2/c1-5-11-6-7-13(14)12(8-11)9-15(4)10(2)3/h10-13H,5-9,14H2,1-4H3. The summed E-state index contributed by atoms with van der Waals surface area (Å²) >= 11 is 0. The number of nitrogens with two attached hydrogens (primary N) is 1. The fraction of sp³-hybridized carbons (Fsp3) is 1.00. The van der Waals surface area contributed by atoms with Crippen LogP contribution in [-0.2, 0) is 0 Å². The van der Waals surface area contributed by atoms with E-state index in [1.165, 1.54) is 32.2 Å². The van der Waals surface area contributed by atoms with Gasteiger partial charge in [0, 0.05) is 18.6 Å². The molecule has 1 fully saturated rings. The molecular weight excluding hydrogens is 184 g/mol. The SMILES string of the molecule is CCC1CCC(N)C(CN(C)C(C)C)C1. The van der Waals surface area contributed by atoms with Gasteiger partial charge in [-0.1, -0.05) is 13.3 Å². The van der Waals surface area contributed by atoms with E-state index in [9.17, 15) is 0 Å². The first-order chi connectivity index (χ1) is 7.04. The van der Waals surface area contributed by atoms with Gasteiger partial charge >= 0.3 is 0 Å². The van der Waals surface area contributed by atoms with E-state index in [-0.39, 0.29) is 0 Å². The van der Waals surface area contributed by atoms with Gasteiger partial charge in [0.05, 0.1) is 0 Å². The average molecular weight is 212 g/mol. The number of rotatable bonds is 4. The minimum absolute atomic E-state index is 0.439. The summed E-state index contributed by atoms with van der Waals surface area (Å²) in [6.07, 6.45) is 5.25. The van der Waals surface area contributed by atoms with Crippen molar-refractivity contribution >= 4 is 0 Å². The molecule has 3 atom stereocenters. The van der Waals surface area contributed by atoms with Crippen LogP contribution in [0, 0.1) is 11.8 Å². The van der Waals surface area contributed by atoms with Crippen molar-refractivity contribution in [3.63, 3.8) is 0 Å². The highest BCUT2D eigenvalue weighted by atomic mass is 15.1. The minimum atomic E-state index is 0.439. The van der Waals surface area contributed by atoms with Gasteiger partial charge in [-0.25, -0.2) is 0 Å². The van der Waals surface area contributed by atoms with Crippen LogP contribution in [0.2, 0.25) is 0 Å². The van der Waals surface area contributed by atoms with Gasteiger partial charge < -0.3 is 10.6 Å². The van der Waals surface area contributed by atoms with Gasteiger partial charge in [-0.15, -0.1) is 0 Å². The molecule has 90 valence electrons. The molecule has 0 aromatic rings. The molecule has 0 saturated heterocycles. The van der Waals surface area contributed by atoms with Crippen molar-refractivity contribution in [1.29, 1.82) is 0 Å². The Morgan fingerprint density at radius 2 is 2.00 bits per heavy atom. The molecule has 0 bridgehead atoms. The topological polar surface area (TPSA) is 29.3 Å². The molecule has 0 spiro atoms. The highest BCUT2D eigenvalue weighted by Crippen LogP contribution is 2.30. The van der Waals surface area contributed by atoms with Gasteiger partial charge in [-0.3, -0.25) is 0 Å². The molecule has 0 amide bonds. The fourth-order valence-electron chi connectivity index (χ4n) is 2.55. The maximum atomic E-state index is 6.22. The van der Waals surface area contributed by atoms with Crippen LogP contribution in [-0.4, -0.2) is 30.6 Å². The molecule has 2 heteroatoms. The smallest absolute Gasteiger partial charge is 0.00795 e. The van der Waals surface area contributed by atoms with Crippen molar-refractivity contribution in [2.45, 2.75) is 58.5 Å². The average Bonchev–Trinajstić information content (AvgIpc) is 2.21. The Labute approximate surface area is 95.2 Å². The summed E-state index contributed by atoms with van der Waals surface area (Å²) in [5.74, 6) is 1.64. The maximum Gasteiger partial charge on any atom is 0.00795 e. The quantitative estimate of drug-likeness (QED) is 0.776. The third kappa shape index (κ3) is 3.76. The first kappa shape index (κ1) is 13.0. The first-order valence-corrected chi connectivity index (χ1v) is 6.50. The summed E-state index contributed by atoms with van der Waals surface area (Å²) < 4.78 is 0. The van der Waals surface area contributed by atoms with Gasteiger partial charge in [0.1, 0.15) is 0 Å². The molecule has 1 aliphatic carbocycles. The Morgan fingerprint density at radius 1 is 1.33 bits per heavy atom. The predicted octanol–water partition coefficient (Wildman–Crippen LogP) is 2.48. The largest absolute Gasteiger partial charge is 0.327 e. The highest BCUT2D eigenvalue weighted by molar-refractivity contribution is 4.84. The summed E-state index contributed by atoms with van der Waals surface area (Å²) in [5, 5.41) is 0. The van der Waals surface area contributed by atoms with E-state index in [2.05, 4.69) is 32.7 Å². The monoisotopic (exact) mass is 212 g/mol. The predicted molar refractivity (Wildman–Crippen MR) is 66.9 cm³/mol.